The Bertz CT molecular complexity index is 364. The number of carbonyl (C=O) groups excluding carboxylic acids is 4. The lowest BCUT2D eigenvalue weighted by Gasteiger charge is -2.06. The van der Waals surface area contributed by atoms with Crippen molar-refractivity contribution < 1.29 is 28.7 Å². The maximum atomic E-state index is 11.5. The van der Waals surface area contributed by atoms with E-state index in [-0.39, 0.29) is 24.4 Å². The second kappa shape index (κ2) is 14.8. The monoisotopic (exact) mass is 342 g/mol. The summed E-state index contributed by atoms with van der Waals surface area (Å²) in [5.74, 6) is -0.464. The fraction of sp³-hybridized carbons (Fsp3) is 0.778. The van der Waals surface area contributed by atoms with Crippen LogP contribution in [0.25, 0.3) is 0 Å². The number of hydrogen-bond acceptors (Lipinski definition) is 6. The quantitative estimate of drug-likeness (QED) is 0.336. The molecule has 24 heavy (non-hydrogen) atoms. The predicted molar refractivity (Wildman–Crippen MR) is 89.5 cm³/mol. The van der Waals surface area contributed by atoms with Crippen molar-refractivity contribution in [3.05, 3.63) is 0 Å². The van der Waals surface area contributed by atoms with Crippen LogP contribution in [-0.2, 0) is 28.7 Å². The minimum atomic E-state index is -0.403. The van der Waals surface area contributed by atoms with Crippen LogP contribution in [0.3, 0.4) is 0 Å². The molecule has 0 aromatic heterocycles. The molecule has 0 unspecified atom stereocenters. The molecule has 138 valence electrons. The second-order valence-corrected chi connectivity index (χ2v) is 5.97. The number of esters is 2. The number of unbranched alkanes of at least 4 members (excludes halogenated alkanes) is 4. The molecular weight excluding hydrogens is 312 g/mol. The maximum Gasteiger partial charge on any atom is 0.306 e. The molecule has 0 N–H and O–H groups in total. The van der Waals surface area contributed by atoms with Crippen LogP contribution in [0, 0.1) is 0 Å². The first-order valence-electron chi connectivity index (χ1n) is 8.72. The van der Waals surface area contributed by atoms with Crippen LogP contribution in [0.15, 0.2) is 0 Å². The molecule has 6 heteroatoms. The first-order chi connectivity index (χ1) is 11.4. The molecule has 0 bridgehead atoms. The number of rotatable bonds is 15. The summed E-state index contributed by atoms with van der Waals surface area (Å²) in [6, 6.07) is 0. The lowest BCUT2D eigenvalue weighted by molar-refractivity contribution is -0.150. The van der Waals surface area contributed by atoms with Crippen LogP contribution in [0.5, 0.6) is 0 Å². The maximum absolute atomic E-state index is 11.5. The average Bonchev–Trinajstić information content (AvgIpc) is 2.51. The van der Waals surface area contributed by atoms with Gasteiger partial charge >= 0.3 is 11.9 Å². The molecule has 0 saturated carbocycles. The van der Waals surface area contributed by atoms with Gasteiger partial charge in [-0.25, -0.2) is 0 Å². The Kier molecular flexibility index (Phi) is 13.8. The van der Waals surface area contributed by atoms with Gasteiger partial charge in [-0.05, 0) is 52.4 Å². The molecule has 0 spiro atoms. The molecule has 0 fully saturated rings. The van der Waals surface area contributed by atoms with Gasteiger partial charge in [0.25, 0.3) is 0 Å². The van der Waals surface area contributed by atoms with E-state index in [1.165, 1.54) is 0 Å². The minimum absolute atomic E-state index is 0.0244. The lowest BCUT2D eigenvalue weighted by Crippen LogP contribution is -2.11. The number of Topliss-reactive ketones (excluding diaryl/α,β-unsaturated/α-hetero) is 2. The predicted octanol–water partition coefficient (Wildman–Crippen LogP) is 3.15. The third-order valence-electron chi connectivity index (χ3n) is 3.41. The summed E-state index contributed by atoms with van der Waals surface area (Å²) < 4.78 is 10.0. The Morgan fingerprint density at radius 2 is 0.917 bits per heavy atom. The van der Waals surface area contributed by atoms with Crippen molar-refractivity contribution in [1.29, 1.82) is 0 Å². The van der Waals surface area contributed by atoms with Crippen molar-refractivity contribution in [3.63, 3.8) is 0 Å². The van der Waals surface area contributed by atoms with Gasteiger partial charge in [-0.2, -0.15) is 0 Å². The average molecular weight is 342 g/mol. The van der Waals surface area contributed by atoms with Crippen LogP contribution in [-0.4, -0.2) is 36.7 Å². The Morgan fingerprint density at radius 3 is 1.25 bits per heavy atom. The van der Waals surface area contributed by atoms with Gasteiger partial charge < -0.3 is 19.1 Å². The van der Waals surface area contributed by atoms with E-state index < -0.39 is 11.9 Å². The third kappa shape index (κ3) is 16.6. The Labute approximate surface area is 144 Å². The van der Waals surface area contributed by atoms with Gasteiger partial charge in [-0.3, -0.25) is 9.59 Å². The first kappa shape index (κ1) is 22.3. The SMILES string of the molecule is CC(=O)CCCCCOC(=O)CCC(=O)OCCCCCC(C)=O. The van der Waals surface area contributed by atoms with Crippen LogP contribution >= 0.6 is 0 Å². The van der Waals surface area contributed by atoms with Crippen molar-refractivity contribution in [2.45, 2.75) is 78.1 Å². The highest BCUT2D eigenvalue weighted by atomic mass is 16.5. The van der Waals surface area contributed by atoms with Crippen molar-refractivity contribution in [2.24, 2.45) is 0 Å². The Hall–Kier alpha value is -1.72. The third-order valence-corrected chi connectivity index (χ3v) is 3.41. The molecule has 0 radical (unpaired) electrons. The molecule has 0 rings (SSSR count). The number of ether oxygens (including phenoxy) is 2. The highest BCUT2D eigenvalue weighted by Crippen LogP contribution is 2.04. The van der Waals surface area contributed by atoms with E-state index >= 15 is 0 Å². The van der Waals surface area contributed by atoms with Crippen molar-refractivity contribution in [2.75, 3.05) is 13.2 Å². The Balaban J connectivity index is 3.43. The fourth-order valence-corrected chi connectivity index (χ4v) is 2.03. The summed E-state index contributed by atoms with van der Waals surface area (Å²) in [7, 11) is 0. The van der Waals surface area contributed by atoms with Crippen LogP contribution < -0.4 is 0 Å². The molecule has 0 aliphatic rings. The lowest BCUT2D eigenvalue weighted by atomic mass is 10.1. The van der Waals surface area contributed by atoms with E-state index in [9.17, 15) is 19.2 Å². The number of hydrogen-bond donors (Lipinski definition) is 0. The Morgan fingerprint density at radius 1 is 0.542 bits per heavy atom. The van der Waals surface area contributed by atoms with Gasteiger partial charge in [0, 0.05) is 12.8 Å². The molecule has 0 aliphatic heterocycles. The van der Waals surface area contributed by atoms with E-state index in [4.69, 9.17) is 9.47 Å². The fourth-order valence-electron chi connectivity index (χ4n) is 2.03. The van der Waals surface area contributed by atoms with Gasteiger partial charge in [-0.1, -0.05) is 0 Å². The van der Waals surface area contributed by atoms with E-state index in [0.29, 0.717) is 26.1 Å². The molecule has 0 saturated heterocycles. The molecule has 0 atom stereocenters. The van der Waals surface area contributed by atoms with Gasteiger partial charge in [-0.15, -0.1) is 0 Å². The van der Waals surface area contributed by atoms with Crippen LogP contribution in [0.2, 0.25) is 0 Å². The summed E-state index contributed by atoms with van der Waals surface area (Å²) in [5, 5.41) is 0. The summed E-state index contributed by atoms with van der Waals surface area (Å²) in [4.78, 5) is 44.4. The second-order valence-electron chi connectivity index (χ2n) is 5.97. The van der Waals surface area contributed by atoms with E-state index in [1.807, 2.05) is 0 Å². The largest absolute Gasteiger partial charge is 0.466 e. The molecule has 0 aromatic carbocycles. The van der Waals surface area contributed by atoms with Crippen molar-refractivity contribution in [3.8, 4) is 0 Å². The molecule has 0 heterocycles. The van der Waals surface area contributed by atoms with Crippen molar-refractivity contribution in [1.82, 2.24) is 0 Å². The van der Waals surface area contributed by atoms with Gasteiger partial charge in [0.1, 0.15) is 11.6 Å². The van der Waals surface area contributed by atoms with Gasteiger partial charge in [0.05, 0.1) is 26.1 Å². The normalized spacial score (nSPS) is 10.2. The highest BCUT2D eigenvalue weighted by Gasteiger charge is 2.09. The summed E-state index contributed by atoms with van der Waals surface area (Å²) in [6.45, 7) is 3.76. The van der Waals surface area contributed by atoms with Crippen LogP contribution in [0.1, 0.15) is 78.1 Å². The smallest absolute Gasteiger partial charge is 0.306 e. The molecule has 6 nitrogen and oxygen atoms in total. The van der Waals surface area contributed by atoms with Crippen molar-refractivity contribution >= 4 is 23.5 Å². The van der Waals surface area contributed by atoms with Crippen LogP contribution in [0.4, 0.5) is 0 Å². The van der Waals surface area contributed by atoms with Gasteiger partial charge in [0.2, 0.25) is 0 Å². The topological polar surface area (TPSA) is 86.7 Å². The zero-order chi connectivity index (χ0) is 18.2. The number of carbonyl (C=O) groups is 4. The molecule has 0 aliphatic carbocycles. The van der Waals surface area contributed by atoms with E-state index in [2.05, 4.69) is 0 Å². The van der Waals surface area contributed by atoms with E-state index in [0.717, 1.165) is 38.5 Å². The van der Waals surface area contributed by atoms with E-state index in [1.54, 1.807) is 13.8 Å². The highest BCUT2D eigenvalue weighted by molar-refractivity contribution is 5.77. The van der Waals surface area contributed by atoms with Gasteiger partial charge in [0.15, 0.2) is 0 Å². The summed E-state index contributed by atoms with van der Waals surface area (Å²) in [5.41, 5.74) is 0. The summed E-state index contributed by atoms with van der Waals surface area (Å²) in [6.07, 6.45) is 5.94. The molecular formula is C18H30O6. The zero-order valence-corrected chi connectivity index (χ0v) is 14.9. The minimum Gasteiger partial charge on any atom is -0.466 e. The first-order valence-corrected chi connectivity index (χ1v) is 8.72. The zero-order valence-electron chi connectivity index (χ0n) is 14.9. The number of ketones is 2. The molecule has 0 aromatic rings. The molecule has 0 amide bonds. The standard InChI is InChI=1S/C18H30O6/c1-15(19)9-5-3-7-13-23-17(21)11-12-18(22)24-14-8-4-6-10-16(2)20/h3-14H2,1-2H3. The summed E-state index contributed by atoms with van der Waals surface area (Å²) >= 11 is 0.